The van der Waals surface area contributed by atoms with Crippen LogP contribution in [0.3, 0.4) is 0 Å². The van der Waals surface area contributed by atoms with Crippen molar-refractivity contribution in [3.05, 3.63) is 24.0 Å². The van der Waals surface area contributed by atoms with Gasteiger partial charge in [-0.2, -0.15) is 0 Å². The molecule has 9 heavy (non-hydrogen) atoms. The standard InChI is InChI=1S/C6H6INO/c1-5-2-3-6(9-7)4-8-5/h2-4H,1H3. The molecule has 0 radical (unpaired) electrons. The van der Waals surface area contributed by atoms with Gasteiger partial charge < -0.3 is 3.07 Å². The number of hydrogen-bond donors (Lipinski definition) is 0. The van der Waals surface area contributed by atoms with Crippen molar-refractivity contribution in [2.75, 3.05) is 0 Å². The van der Waals surface area contributed by atoms with Gasteiger partial charge in [-0.3, -0.25) is 4.98 Å². The Morgan fingerprint density at radius 1 is 1.56 bits per heavy atom. The van der Waals surface area contributed by atoms with E-state index in [1.807, 2.05) is 42.1 Å². The van der Waals surface area contributed by atoms with E-state index in [1.165, 1.54) is 0 Å². The Labute approximate surface area is 67.9 Å². The molecule has 0 bridgehead atoms. The predicted molar refractivity (Wildman–Crippen MR) is 43.6 cm³/mol. The quantitative estimate of drug-likeness (QED) is 0.695. The van der Waals surface area contributed by atoms with Gasteiger partial charge in [0, 0.05) is 5.69 Å². The fourth-order valence-electron chi connectivity index (χ4n) is 0.500. The molecule has 0 fully saturated rings. The van der Waals surface area contributed by atoms with Crippen molar-refractivity contribution in [1.82, 2.24) is 4.98 Å². The third-order valence-electron chi connectivity index (χ3n) is 0.973. The smallest absolute Gasteiger partial charge is 0.192 e. The predicted octanol–water partition coefficient (Wildman–Crippen LogP) is 2.12. The van der Waals surface area contributed by atoms with Crippen LogP contribution < -0.4 is 3.07 Å². The van der Waals surface area contributed by atoms with Gasteiger partial charge >= 0.3 is 0 Å². The van der Waals surface area contributed by atoms with E-state index in [4.69, 9.17) is 3.07 Å². The van der Waals surface area contributed by atoms with E-state index in [9.17, 15) is 0 Å². The second-order valence-electron chi connectivity index (χ2n) is 1.71. The van der Waals surface area contributed by atoms with Crippen molar-refractivity contribution in [1.29, 1.82) is 0 Å². The summed E-state index contributed by atoms with van der Waals surface area (Å²) in [4.78, 5) is 4.02. The van der Waals surface area contributed by atoms with Crippen LogP contribution in [0.4, 0.5) is 0 Å². The van der Waals surface area contributed by atoms with Crippen LogP contribution in [0.5, 0.6) is 5.75 Å². The zero-order valence-corrected chi connectivity index (χ0v) is 7.12. The molecule has 0 atom stereocenters. The Hall–Kier alpha value is -0.320. The van der Waals surface area contributed by atoms with Gasteiger partial charge in [0.2, 0.25) is 0 Å². The molecular formula is C6H6INO. The highest BCUT2D eigenvalue weighted by Gasteiger charge is 1.88. The zero-order chi connectivity index (χ0) is 6.69. The lowest BCUT2D eigenvalue weighted by atomic mass is 10.4. The molecule has 0 saturated carbocycles. The van der Waals surface area contributed by atoms with Crippen LogP contribution in [-0.4, -0.2) is 4.98 Å². The fourth-order valence-corrected chi connectivity index (χ4v) is 0.760. The molecule has 3 heteroatoms. The van der Waals surface area contributed by atoms with Gasteiger partial charge in [-0.15, -0.1) is 0 Å². The van der Waals surface area contributed by atoms with Gasteiger partial charge in [0.05, 0.1) is 6.20 Å². The minimum Gasteiger partial charge on any atom is -0.426 e. The summed E-state index contributed by atoms with van der Waals surface area (Å²) in [7, 11) is 0. The number of aryl methyl sites for hydroxylation is 1. The molecule has 0 aliphatic carbocycles. The monoisotopic (exact) mass is 235 g/mol. The third-order valence-corrected chi connectivity index (χ3v) is 1.48. The van der Waals surface area contributed by atoms with E-state index in [1.54, 1.807) is 6.20 Å². The molecule has 1 heterocycles. The molecule has 0 unspecified atom stereocenters. The lowest BCUT2D eigenvalue weighted by Gasteiger charge is -1.93. The van der Waals surface area contributed by atoms with Crippen LogP contribution in [0.1, 0.15) is 5.69 Å². The topological polar surface area (TPSA) is 22.1 Å². The highest BCUT2D eigenvalue weighted by atomic mass is 127. The molecule has 1 aromatic heterocycles. The van der Waals surface area contributed by atoms with Crippen LogP contribution in [0.25, 0.3) is 0 Å². The highest BCUT2D eigenvalue weighted by Crippen LogP contribution is 2.10. The van der Waals surface area contributed by atoms with E-state index in [0.29, 0.717) is 0 Å². The molecule has 0 N–H and O–H groups in total. The Morgan fingerprint density at radius 2 is 2.33 bits per heavy atom. The number of aromatic nitrogens is 1. The third kappa shape index (κ3) is 1.82. The molecular weight excluding hydrogens is 229 g/mol. The Bertz CT molecular complexity index is 185. The SMILES string of the molecule is Cc1ccc(OI)cn1. The van der Waals surface area contributed by atoms with Crippen LogP contribution >= 0.6 is 23.0 Å². The van der Waals surface area contributed by atoms with Crippen LogP contribution in [0.15, 0.2) is 18.3 Å². The number of nitrogens with zero attached hydrogens (tertiary/aromatic N) is 1. The lowest BCUT2D eigenvalue weighted by Crippen LogP contribution is -1.79. The maximum atomic E-state index is 4.88. The molecule has 48 valence electrons. The second-order valence-corrected chi connectivity index (χ2v) is 2.15. The average Bonchev–Trinajstić information content (AvgIpc) is 1.90. The van der Waals surface area contributed by atoms with Crippen LogP contribution in [-0.2, 0) is 0 Å². The average molecular weight is 235 g/mol. The molecule has 1 aromatic rings. The van der Waals surface area contributed by atoms with Gasteiger partial charge in [-0.25, -0.2) is 0 Å². The van der Waals surface area contributed by atoms with E-state index >= 15 is 0 Å². The largest absolute Gasteiger partial charge is 0.426 e. The lowest BCUT2D eigenvalue weighted by molar-refractivity contribution is 0.710. The van der Waals surface area contributed by atoms with Crippen LogP contribution in [0, 0.1) is 6.92 Å². The molecule has 0 aliphatic heterocycles. The first-order chi connectivity index (χ1) is 4.33. The molecule has 0 saturated heterocycles. The summed E-state index contributed by atoms with van der Waals surface area (Å²) < 4.78 is 4.88. The second kappa shape index (κ2) is 3.00. The van der Waals surface area contributed by atoms with Gasteiger partial charge in [-0.05, 0) is 19.1 Å². The van der Waals surface area contributed by atoms with Gasteiger partial charge in [0.1, 0.15) is 0 Å². The molecule has 0 amide bonds. The summed E-state index contributed by atoms with van der Waals surface area (Å²) in [5, 5.41) is 0. The first-order valence-electron chi connectivity index (χ1n) is 2.54. The summed E-state index contributed by atoms with van der Waals surface area (Å²) >= 11 is 1.83. The summed E-state index contributed by atoms with van der Waals surface area (Å²) in [6.07, 6.45) is 1.70. The number of hydrogen-bond acceptors (Lipinski definition) is 2. The van der Waals surface area contributed by atoms with Crippen molar-refractivity contribution in [3.63, 3.8) is 0 Å². The van der Waals surface area contributed by atoms with Crippen molar-refractivity contribution >= 4 is 23.0 Å². The molecule has 0 aromatic carbocycles. The maximum absolute atomic E-state index is 4.88. The first kappa shape index (κ1) is 6.80. The molecule has 0 aliphatic rings. The number of rotatable bonds is 1. The summed E-state index contributed by atoms with van der Waals surface area (Å²) in [6, 6.07) is 3.79. The normalized spacial score (nSPS) is 9.11. The molecule has 2 nitrogen and oxygen atoms in total. The van der Waals surface area contributed by atoms with Crippen molar-refractivity contribution < 1.29 is 3.07 Å². The Morgan fingerprint density at radius 3 is 2.78 bits per heavy atom. The van der Waals surface area contributed by atoms with Crippen molar-refractivity contribution in [3.8, 4) is 5.75 Å². The van der Waals surface area contributed by atoms with E-state index in [-0.39, 0.29) is 0 Å². The number of pyridine rings is 1. The van der Waals surface area contributed by atoms with Gasteiger partial charge in [0.25, 0.3) is 0 Å². The van der Waals surface area contributed by atoms with Gasteiger partial charge in [0.15, 0.2) is 28.8 Å². The van der Waals surface area contributed by atoms with Crippen molar-refractivity contribution in [2.45, 2.75) is 6.92 Å². The van der Waals surface area contributed by atoms with Crippen molar-refractivity contribution in [2.24, 2.45) is 0 Å². The zero-order valence-electron chi connectivity index (χ0n) is 4.97. The number of halogens is 1. The molecule has 1 rings (SSSR count). The van der Waals surface area contributed by atoms with E-state index in [0.717, 1.165) is 11.4 Å². The summed E-state index contributed by atoms with van der Waals surface area (Å²) in [5.41, 5.74) is 1.01. The summed E-state index contributed by atoms with van der Waals surface area (Å²) in [6.45, 7) is 1.94. The molecule has 0 spiro atoms. The minimum atomic E-state index is 0.793. The Balaban J connectivity index is 2.88. The van der Waals surface area contributed by atoms with E-state index in [2.05, 4.69) is 4.98 Å². The fraction of sp³-hybridized carbons (Fsp3) is 0.167. The highest BCUT2D eigenvalue weighted by molar-refractivity contribution is 14.1. The summed E-state index contributed by atoms with van der Waals surface area (Å²) in [5.74, 6) is 0.793. The van der Waals surface area contributed by atoms with Gasteiger partial charge in [-0.1, -0.05) is 0 Å². The maximum Gasteiger partial charge on any atom is 0.192 e. The Kier molecular flexibility index (Phi) is 2.27. The van der Waals surface area contributed by atoms with E-state index < -0.39 is 0 Å². The first-order valence-corrected chi connectivity index (χ1v) is 3.42. The minimum absolute atomic E-state index is 0.793. The van der Waals surface area contributed by atoms with Crippen LogP contribution in [0.2, 0.25) is 0 Å².